The van der Waals surface area contributed by atoms with Crippen LogP contribution in [0, 0.1) is 18.8 Å². The van der Waals surface area contributed by atoms with Crippen molar-refractivity contribution in [3.05, 3.63) is 82.1 Å². The van der Waals surface area contributed by atoms with Gasteiger partial charge in [-0.15, -0.1) is 11.3 Å². The van der Waals surface area contributed by atoms with E-state index in [9.17, 15) is 24.0 Å². The van der Waals surface area contributed by atoms with Gasteiger partial charge in [0.15, 0.2) is 0 Å². The molecule has 10 nitrogen and oxygen atoms in total. The first kappa shape index (κ1) is 36.3. The van der Waals surface area contributed by atoms with Crippen LogP contribution in [0.2, 0.25) is 0 Å². The standard InChI is InChI=1S/C37H46N4O6S/c1-5-47-32(42)16-15-28(21-27-13-9-18-38-34(27)43)39-35(44)30(20-23(2)3)40-36(45)31(41-37(46)33-24(4)17-19-48-33)22-26-12-8-11-25-10-6-7-14-29(25)26/h6-8,10-12,14-17,19,23,27-28,30-31H,5,9,13,18,20-22H2,1-4H3,(H,38,43)(H,39,44)(H,40,45)(H,41,46)/b16-15+/t27-,28?,30-,31?/m0/s1. The summed E-state index contributed by atoms with van der Waals surface area (Å²) >= 11 is 1.30. The number of benzene rings is 2. The molecule has 4 atom stereocenters. The third-order valence-corrected chi connectivity index (χ3v) is 9.37. The number of ether oxygens (including phenoxy) is 1. The molecule has 1 aromatic heterocycles. The van der Waals surface area contributed by atoms with Gasteiger partial charge in [-0.3, -0.25) is 19.2 Å². The number of carbonyl (C=O) groups excluding carboxylic acids is 5. The maximum atomic E-state index is 14.1. The van der Waals surface area contributed by atoms with E-state index in [4.69, 9.17) is 4.74 Å². The SMILES string of the molecule is CCOC(=O)/C=C/C(C[C@@H]1CCCNC1=O)NC(=O)[C@H](CC(C)C)NC(=O)C(Cc1cccc2ccccc12)NC(=O)c1sccc1C. The summed E-state index contributed by atoms with van der Waals surface area (Å²) in [5.41, 5.74) is 1.70. The van der Waals surface area contributed by atoms with Crippen LogP contribution in [0.1, 0.15) is 67.3 Å². The summed E-state index contributed by atoms with van der Waals surface area (Å²) in [7, 11) is 0. The monoisotopic (exact) mass is 674 g/mol. The molecule has 0 saturated carbocycles. The van der Waals surface area contributed by atoms with E-state index in [-0.39, 0.29) is 43.1 Å². The first-order valence-corrected chi connectivity index (χ1v) is 17.5. The molecule has 3 aromatic rings. The van der Waals surface area contributed by atoms with Gasteiger partial charge in [0.2, 0.25) is 17.7 Å². The number of rotatable bonds is 15. The first-order valence-electron chi connectivity index (χ1n) is 16.6. The fourth-order valence-corrected chi connectivity index (χ4v) is 6.75. The molecule has 0 spiro atoms. The molecule has 1 aliphatic heterocycles. The van der Waals surface area contributed by atoms with Gasteiger partial charge in [0.25, 0.3) is 5.91 Å². The Kier molecular flexibility index (Phi) is 13.3. The number of aryl methyl sites for hydroxylation is 1. The van der Waals surface area contributed by atoms with Crippen molar-refractivity contribution in [2.24, 2.45) is 11.8 Å². The van der Waals surface area contributed by atoms with E-state index >= 15 is 0 Å². The maximum Gasteiger partial charge on any atom is 0.330 e. The number of esters is 1. The Bertz CT molecular complexity index is 1630. The fourth-order valence-electron chi connectivity index (χ4n) is 5.92. The van der Waals surface area contributed by atoms with E-state index in [1.165, 1.54) is 17.4 Å². The van der Waals surface area contributed by atoms with E-state index in [0.29, 0.717) is 24.3 Å². The minimum atomic E-state index is -0.974. The summed E-state index contributed by atoms with van der Waals surface area (Å²) in [6, 6.07) is 13.0. The van der Waals surface area contributed by atoms with E-state index in [1.54, 1.807) is 13.0 Å². The van der Waals surface area contributed by atoms with Gasteiger partial charge < -0.3 is 26.0 Å². The molecule has 1 fully saturated rings. The average molecular weight is 675 g/mol. The lowest BCUT2D eigenvalue weighted by Gasteiger charge is -2.28. The largest absolute Gasteiger partial charge is 0.463 e. The van der Waals surface area contributed by atoms with Crippen LogP contribution < -0.4 is 21.3 Å². The van der Waals surface area contributed by atoms with Gasteiger partial charge in [-0.1, -0.05) is 62.4 Å². The van der Waals surface area contributed by atoms with Crippen LogP contribution >= 0.6 is 11.3 Å². The van der Waals surface area contributed by atoms with Crippen molar-refractivity contribution in [3.63, 3.8) is 0 Å². The molecule has 0 bridgehead atoms. The van der Waals surface area contributed by atoms with Gasteiger partial charge in [-0.05, 0) is 78.8 Å². The Labute approximate surface area is 286 Å². The molecule has 1 aliphatic rings. The van der Waals surface area contributed by atoms with Gasteiger partial charge >= 0.3 is 5.97 Å². The fraction of sp³-hybridized carbons (Fsp3) is 0.432. The van der Waals surface area contributed by atoms with Crippen LogP contribution in [-0.2, 0) is 30.3 Å². The molecule has 11 heteroatoms. The predicted molar refractivity (Wildman–Crippen MR) is 187 cm³/mol. The number of hydrogen-bond acceptors (Lipinski definition) is 7. The third-order valence-electron chi connectivity index (χ3n) is 8.35. The smallest absolute Gasteiger partial charge is 0.330 e. The Morgan fingerprint density at radius 3 is 2.46 bits per heavy atom. The predicted octanol–water partition coefficient (Wildman–Crippen LogP) is 4.60. The molecule has 48 heavy (non-hydrogen) atoms. The second-order valence-corrected chi connectivity index (χ2v) is 13.5. The first-order chi connectivity index (χ1) is 23.0. The van der Waals surface area contributed by atoms with Crippen molar-refractivity contribution in [2.45, 2.75) is 77.9 Å². The molecule has 0 radical (unpaired) electrons. The number of nitrogens with one attached hydrogen (secondary N) is 4. The number of fused-ring (bicyclic) bond motifs is 1. The average Bonchev–Trinajstić information content (AvgIpc) is 3.49. The molecule has 256 valence electrons. The number of amides is 4. The van der Waals surface area contributed by atoms with Crippen LogP contribution in [-0.4, -0.2) is 60.9 Å². The van der Waals surface area contributed by atoms with Gasteiger partial charge in [0.1, 0.15) is 12.1 Å². The van der Waals surface area contributed by atoms with Crippen molar-refractivity contribution in [1.82, 2.24) is 21.3 Å². The summed E-state index contributed by atoms with van der Waals surface area (Å²) in [4.78, 5) is 66.5. The minimum Gasteiger partial charge on any atom is -0.463 e. The van der Waals surface area contributed by atoms with Gasteiger partial charge in [0.05, 0.1) is 11.5 Å². The summed E-state index contributed by atoms with van der Waals surface area (Å²) in [5, 5.41) is 15.5. The van der Waals surface area contributed by atoms with Gasteiger partial charge in [-0.2, -0.15) is 0 Å². The molecule has 2 unspecified atom stereocenters. The summed E-state index contributed by atoms with van der Waals surface area (Å²) in [5.74, 6) is -2.24. The molecule has 2 aromatic carbocycles. The number of hydrogen-bond donors (Lipinski definition) is 4. The Morgan fingerprint density at radius 2 is 1.75 bits per heavy atom. The van der Waals surface area contributed by atoms with E-state index in [0.717, 1.165) is 28.3 Å². The summed E-state index contributed by atoms with van der Waals surface area (Å²) in [6.45, 7) is 8.26. The highest BCUT2D eigenvalue weighted by Crippen LogP contribution is 2.22. The topological polar surface area (TPSA) is 143 Å². The second-order valence-electron chi connectivity index (χ2n) is 12.6. The Balaban J connectivity index is 1.58. The minimum absolute atomic E-state index is 0.0403. The lowest BCUT2D eigenvalue weighted by atomic mass is 9.91. The van der Waals surface area contributed by atoms with Crippen molar-refractivity contribution >= 4 is 51.7 Å². The Hall–Kier alpha value is -4.51. The van der Waals surface area contributed by atoms with E-state index in [2.05, 4.69) is 21.3 Å². The van der Waals surface area contributed by atoms with Crippen LogP contribution in [0.3, 0.4) is 0 Å². The quantitative estimate of drug-likeness (QED) is 0.137. The van der Waals surface area contributed by atoms with Gasteiger partial charge in [0, 0.05) is 31.0 Å². The molecule has 4 amide bonds. The number of carbonyl (C=O) groups is 5. The second kappa shape index (κ2) is 17.6. The zero-order valence-electron chi connectivity index (χ0n) is 28.0. The van der Waals surface area contributed by atoms with Crippen molar-refractivity contribution in [1.29, 1.82) is 0 Å². The molecule has 2 heterocycles. The zero-order chi connectivity index (χ0) is 34.6. The van der Waals surface area contributed by atoms with Crippen LogP contribution in [0.5, 0.6) is 0 Å². The third kappa shape index (κ3) is 10.2. The maximum absolute atomic E-state index is 14.1. The highest BCUT2D eigenvalue weighted by molar-refractivity contribution is 7.12. The highest BCUT2D eigenvalue weighted by atomic mass is 32.1. The van der Waals surface area contributed by atoms with E-state index in [1.807, 2.05) is 74.7 Å². The van der Waals surface area contributed by atoms with Crippen LogP contribution in [0.4, 0.5) is 0 Å². The summed E-state index contributed by atoms with van der Waals surface area (Å²) in [6.07, 6.45) is 5.11. The van der Waals surface area contributed by atoms with Crippen LogP contribution in [0.25, 0.3) is 10.8 Å². The summed E-state index contributed by atoms with van der Waals surface area (Å²) < 4.78 is 5.02. The molecule has 0 aliphatic carbocycles. The van der Waals surface area contributed by atoms with Crippen molar-refractivity contribution in [2.75, 3.05) is 13.2 Å². The lowest BCUT2D eigenvalue weighted by molar-refractivity contribution is -0.137. The van der Waals surface area contributed by atoms with Crippen molar-refractivity contribution in [3.8, 4) is 0 Å². The molecular formula is C37H46N4O6S. The molecular weight excluding hydrogens is 628 g/mol. The zero-order valence-corrected chi connectivity index (χ0v) is 28.9. The normalized spacial score (nSPS) is 16.6. The number of piperidine rings is 1. The van der Waals surface area contributed by atoms with Crippen LogP contribution in [0.15, 0.2) is 66.1 Å². The number of thiophene rings is 1. The van der Waals surface area contributed by atoms with Crippen molar-refractivity contribution < 1.29 is 28.7 Å². The Morgan fingerprint density at radius 1 is 1.00 bits per heavy atom. The van der Waals surface area contributed by atoms with E-state index < -0.39 is 35.9 Å². The highest BCUT2D eigenvalue weighted by Gasteiger charge is 2.31. The lowest BCUT2D eigenvalue weighted by Crippen LogP contribution is -2.56. The van der Waals surface area contributed by atoms with Gasteiger partial charge in [-0.25, -0.2) is 4.79 Å². The molecule has 1 saturated heterocycles. The molecule has 4 N–H and O–H groups in total. The molecule has 4 rings (SSSR count).